The van der Waals surface area contributed by atoms with Gasteiger partial charge < -0.3 is 24.9 Å². The molecule has 0 spiro atoms. The lowest BCUT2D eigenvalue weighted by Gasteiger charge is -2.11. The number of ether oxygens (including phenoxy) is 2. The molecule has 1 aromatic heterocycles. The zero-order valence-corrected chi connectivity index (χ0v) is 18.4. The molecule has 4 rings (SSSR count). The van der Waals surface area contributed by atoms with Gasteiger partial charge in [-0.3, -0.25) is 4.79 Å². The number of aromatic nitrogens is 1. The van der Waals surface area contributed by atoms with Gasteiger partial charge in [0.15, 0.2) is 23.0 Å². The Labute approximate surface area is 189 Å². The van der Waals surface area contributed by atoms with Crippen LogP contribution in [0.4, 0.5) is 8.78 Å². The Morgan fingerprint density at radius 1 is 1.24 bits per heavy atom. The lowest BCUT2D eigenvalue weighted by atomic mass is 10.2. The van der Waals surface area contributed by atoms with Crippen LogP contribution in [0.15, 0.2) is 40.8 Å². The second kappa shape index (κ2) is 9.58. The molecular weight excluding hydrogens is 432 g/mol. The molecule has 3 N–H and O–H groups in total. The van der Waals surface area contributed by atoms with Gasteiger partial charge in [-0.15, -0.1) is 0 Å². The van der Waals surface area contributed by atoms with Gasteiger partial charge in [0.05, 0.1) is 19.8 Å². The van der Waals surface area contributed by atoms with Crippen molar-refractivity contribution in [1.82, 2.24) is 10.3 Å². The van der Waals surface area contributed by atoms with Crippen LogP contribution in [0.5, 0.6) is 11.5 Å². The number of benzene rings is 2. The molecule has 1 fully saturated rings. The van der Waals surface area contributed by atoms with Crippen LogP contribution < -0.4 is 20.5 Å². The van der Waals surface area contributed by atoms with Crippen LogP contribution in [-0.4, -0.2) is 24.6 Å². The quantitative estimate of drug-likeness (QED) is 0.495. The lowest BCUT2D eigenvalue weighted by molar-refractivity contribution is 0.0943. The number of oxazole rings is 1. The molecule has 1 amide bonds. The molecule has 0 saturated heterocycles. The van der Waals surface area contributed by atoms with Gasteiger partial charge in [-0.2, -0.15) is 0 Å². The van der Waals surface area contributed by atoms with Gasteiger partial charge in [0.25, 0.3) is 5.91 Å². The van der Waals surface area contributed by atoms with E-state index in [0.29, 0.717) is 29.6 Å². The number of rotatable bonds is 9. The maximum absolute atomic E-state index is 13.9. The molecule has 9 heteroatoms. The maximum Gasteiger partial charge on any atom is 0.273 e. The first kappa shape index (κ1) is 22.7. The number of amides is 1. The first-order chi connectivity index (χ1) is 15.9. The van der Waals surface area contributed by atoms with Crippen LogP contribution in [0.25, 0.3) is 11.5 Å². The number of carbonyl (C=O) groups is 1. The SMILES string of the molecule is COc1ccc(-c2nc(C(=O)NCc3ccc(F)cc3F)c([C@@H](C)N)o2)cc1OCC1CC1. The van der Waals surface area contributed by atoms with Crippen LogP contribution in [0.3, 0.4) is 0 Å². The molecule has 1 aliphatic carbocycles. The molecule has 1 saturated carbocycles. The highest BCUT2D eigenvalue weighted by molar-refractivity contribution is 5.94. The van der Waals surface area contributed by atoms with Crippen molar-refractivity contribution in [1.29, 1.82) is 0 Å². The number of hydrogen-bond donors (Lipinski definition) is 2. The second-order valence-corrected chi connectivity index (χ2v) is 8.06. The normalized spacial score (nSPS) is 14.1. The minimum atomic E-state index is -0.750. The Morgan fingerprint density at radius 3 is 2.70 bits per heavy atom. The first-order valence-electron chi connectivity index (χ1n) is 10.7. The van der Waals surface area contributed by atoms with Gasteiger partial charge in [0.1, 0.15) is 11.6 Å². The summed E-state index contributed by atoms with van der Waals surface area (Å²) in [6.07, 6.45) is 2.31. The van der Waals surface area contributed by atoms with E-state index in [1.807, 2.05) is 0 Å². The van der Waals surface area contributed by atoms with E-state index in [1.165, 1.54) is 6.07 Å². The second-order valence-electron chi connectivity index (χ2n) is 8.06. The van der Waals surface area contributed by atoms with Crippen molar-refractivity contribution in [3.8, 4) is 23.0 Å². The van der Waals surface area contributed by atoms with Crippen molar-refractivity contribution < 1.29 is 27.5 Å². The van der Waals surface area contributed by atoms with E-state index in [4.69, 9.17) is 19.6 Å². The molecule has 1 heterocycles. The summed E-state index contributed by atoms with van der Waals surface area (Å²) < 4.78 is 44.1. The van der Waals surface area contributed by atoms with Gasteiger partial charge in [0, 0.05) is 23.7 Å². The summed E-state index contributed by atoms with van der Waals surface area (Å²) in [6.45, 7) is 2.12. The predicted octanol–water partition coefficient (Wildman–Crippen LogP) is 4.37. The molecule has 0 bridgehead atoms. The summed E-state index contributed by atoms with van der Waals surface area (Å²) in [5.41, 5.74) is 6.73. The molecule has 2 aromatic carbocycles. The topological polar surface area (TPSA) is 99.6 Å². The van der Waals surface area contributed by atoms with E-state index < -0.39 is 23.6 Å². The lowest BCUT2D eigenvalue weighted by Crippen LogP contribution is -2.25. The van der Waals surface area contributed by atoms with Gasteiger partial charge >= 0.3 is 0 Å². The highest BCUT2D eigenvalue weighted by Gasteiger charge is 2.25. The van der Waals surface area contributed by atoms with Gasteiger partial charge in [-0.25, -0.2) is 13.8 Å². The van der Waals surface area contributed by atoms with Crippen LogP contribution >= 0.6 is 0 Å². The van der Waals surface area contributed by atoms with E-state index in [1.54, 1.807) is 32.2 Å². The molecule has 0 unspecified atom stereocenters. The summed E-state index contributed by atoms with van der Waals surface area (Å²) in [5.74, 6) is 0.0600. The van der Waals surface area contributed by atoms with Gasteiger partial charge in [-0.05, 0) is 49.9 Å². The molecular formula is C24H25F2N3O4. The highest BCUT2D eigenvalue weighted by Crippen LogP contribution is 2.36. The number of carbonyl (C=O) groups excluding carboxylic acids is 1. The summed E-state index contributed by atoms with van der Waals surface area (Å²) in [6, 6.07) is 7.77. The number of nitrogens with zero attached hydrogens (tertiary/aromatic N) is 1. The van der Waals surface area contributed by atoms with E-state index in [0.717, 1.165) is 25.0 Å². The van der Waals surface area contributed by atoms with E-state index in [2.05, 4.69) is 10.3 Å². The van der Waals surface area contributed by atoms with Crippen LogP contribution in [0.2, 0.25) is 0 Å². The van der Waals surface area contributed by atoms with Crippen LogP contribution in [0, 0.1) is 17.6 Å². The number of nitrogens with one attached hydrogen (secondary N) is 1. The summed E-state index contributed by atoms with van der Waals surface area (Å²) in [4.78, 5) is 17.1. The first-order valence-corrected chi connectivity index (χ1v) is 10.7. The maximum atomic E-state index is 13.9. The smallest absolute Gasteiger partial charge is 0.273 e. The molecule has 174 valence electrons. The Bertz CT molecular complexity index is 1160. The van der Waals surface area contributed by atoms with Crippen molar-refractivity contribution in [2.75, 3.05) is 13.7 Å². The third kappa shape index (κ3) is 5.31. The molecule has 1 aliphatic rings. The number of halogens is 2. The molecule has 7 nitrogen and oxygen atoms in total. The zero-order chi connectivity index (χ0) is 23.5. The van der Waals surface area contributed by atoms with Crippen LogP contribution in [0.1, 0.15) is 47.6 Å². The highest BCUT2D eigenvalue weighted by atomic mass is 19.1. The van der Waals surface area contributed by atoms with E-state index in [9.17, 15) is 13.6 Å². The van der Waals surface area contributed by atoms with E-state index in [-0.39, 0.29) is 29.5 Å². The standard InChI is InChI=1S/C24H25F2N3O4/c1-13(27)22-21(23(30)28-11-16-5-7-17(25)10-18(16)26)29-24(33-22)15-6-8-19(31-2)20(9-15)32-12-14-3-4-14/h5-10,13-14H,3-4,11-12,27H2,1-2H3,(H,28,30)/t13-/m1/s1. The number of hydrogen-bond acceptors (Lipinski definition) is 6. The Balaban J connectivity index is 1.56. The average molecular weight is 457 g/mol. The van der Waals surface area contributed by atoms with Gasteiger partial charge in [0.2, 0.25) is 5.89 Å². The molecule has 3 aromatic rings. The number of methoxy groups -OCH3 is 1. The third-order valence-corrected chi connectivity index (χ3v) is 5.32. The minimum Gasteiger partial charge on any atom is -0.493 e. The van der Waals surface area contributed by atoms with Crippen LogP contribution in [-0.2, 0) is 6.54 Å². The Kier molecular flexibility index (Phi) is 6.60. The fourth-order valence-electron chi connectivity index (χ4n) is 3.27. The third-order valence-electron chi connectivity index (χ3n) is 5.32. The van der Waals surface area contributed by atoms with Crippen molar-refractivity contribution in [2.45, 2.75) is 32.4 Å². The van der Waals surface area contributed by atoms with Crippen molar-refractivity contribution in [3.63, 3.8) is 0 Å². The fourth-order valence-corrected chi connectivity index (χ4v) is 3.27. The molecule has 1 atom stereocenters. The monoisotopic (exact) mass is 457 g/mol. The summed E-state index contributed by atoms with van der Waals surface area (Å²) in [5, 5.41) is 2.58. The Morgan fingerprint density at radius 2 is 2.03 bits per heavy atom. The van der Waals surface area contributed by atoms with Gasteiger partial charge in [-0.1, -0.05) is 6.07 Å². The zero-order valence-electron chi connectivity index (χ0n) is 18.4. The average Bonchev–Trinajstić information content (AvgIpc) is 3.51. The molecule has 0 radical (unpaired) electrons. The largest absolute Gasteiger partial charge is 0.493 e. The number of nitrogens with two attached hydrogens (primary N) is 1. The van der Waals surface area contributed by atoms with Crippen molar-refractivity contribution in [2.24, 2.45) is 11.7 Å². The van der Waals surface area contributed by atoms with E-state index >= 15 is 0 Å². The Hall–Kier alpha value is -3.46. The van der Waals surface area contributed by atoms with Crippen molar-refractivity contribution in [3.05, 3.63) is 65.1 Å². The summed E-state index contributed by atoms with van der Waals surface area (Å²) in [7, 11) is 1.56. The van der Waals surface area contributed by atoms with Crippen molar-refractivity contribution >= 4 is 5.91 Å². The molecule has 33 heavy (non-hydrogen) atoms. The predicted molar refractivity (Wildman–Crippen MR) is 117 cm³/mol. The fraction of sp³-hybridized carbons (Fsp3) is 0.333. The molecule has 0 aliphatic heterocycles. The summed E-state index contributed by atoms with van der Waals surface area (Å²) >= 11 is 0. The minimum absolute atomic E-state index is 0.00112.